The molecule has 24 heteroatoms. The van der Waals surface area contributed by atoms with Crippen LogP contribution in [0.15, 0.2) is 102 Å². The van der Waals surface area contributed by atoms with Gasteiger partial charge in [0, 0.05) is 83.5 Å². The van der Waals surface area contributed by atoms with Crippen LogP contribution in [0.1, 0.15) is 70.9 Å². The van der Waals surface area contributed by atoms with Crippen molar-refractivity contribution in [3.05, 3.63) is 146 Å². The molecule has 0 aliphatic carbocycles. The van der Waals surface area contributed by atoms with Crippen LogP contribution in [-0.2, 0) is 31.1 Å². The number of carbonyl (C=O) groups is 2. The summed E-state index contributed by atoms with van der Waals surface area (Å²) in [5.41, 5.74) is 3.29. The second kappa shape index (κ2) is 24.2. The molecule has 3 aliphatic rings. The van der Waals surface area contributed by atoms with Gasteiger partial charge in [-0.15, -0.1) is 0 Å². The SMILES string of the molecule is Cc1ccc(NC(=O)c2ccnc(C(F)(F)F)c2)cc1-c1cnc(Cl)c(N2CCOCC2)c1.Cc1ccc(NC(=O)c2ccnc(C(F)(F)F)c2)cc1B1OC(C)(C)C(C)(C)O1.Clc1ncc(Br)cc1N1CCOCC1. The minimum absolute atomic E-state index is 0.134. The van der Waals surface area contributed by atoms with Crippen molar-refractivity contribution in [1.29, 1.82) is 0 Å². The topological polar surface area (TPSA) is 153 Å². The van der Waals surface area contributed by atoms with E-state index in [-0.39, 0.29) is 11.1 Å². The number of hydrogen-bond donors (Lipinski definition) is 2. The highest BCUT2D eigenvalue weighted by Crippen LogP contribution is 2.38. The number of nitrogens with zero attached hydrogens (tertiary/aromatic N) is 6. The zero-order valence-electron chi connectivity index (χ0n) is 42.0. The molecule has 14 nitrogen and oxygen atoms in total. The number of aromatic nitrogens is 4. The first kappa shape index (κ1) is 57.8. The molecule has 3 fully saturated rings. The Morgan fingerprint density at radius 3 is 1.55 bits per heavy atom. The minimum atomic E-state index is -4.63. The summed E-state index contributed by atoms with van der Waals surface area (Å²) < 4.78 is 101. The van der Waals surface area contributed by atoms with Crippen LogP contribution in [0.3, 0.4) is 0 Å². The Balaban J connectivity index is 0.000000178. The van der Waals surface area contributed by atoms with Gasteiger partial charge in [-0.2, -0.15) is 26.3 Å². The fraction of sp³-hybridized carbons (Fsp3) is 0.346. The molecule has 6 aromatic rings. The van der Waals surface area contributed by atoms with Crippen molar-refractivity contribution in [2.75, 3.05) is 73.0 Å². The van der Waals surface area contributed by atoms with E-state index in [2.05, 4.69) is 56.3 Å². The highest BCUT2D eigenvalue weighted by atomic mass is 79.9. The third-order valence-electron chi connectivity index (χ3n) is 12.8. The molecule has 0 saturated carbocycles. The van der Waals surface area contributed by atoms with Gasteiger partial charge in [-0.3, -0.25) is 19.6 Å². The molecular weight excluding hydrogens is 1110 g/mol. The molecule has 2 amide bonds. The molecule has 402 valence electrons. The van der Waals surface area contributed by atoms with E-state index in [1.165, 1.54) is 12.1 Å². The Morgan fingerprint density at radius 1 is 0.618 bits per heavy atom. The molecule has 0 spiro atoms. The van der Waals surface area contributed by atoms with Gasteiger partial charge in [0.05, 0.1) is 49.0 Å². The summed E-state index contributed by atoms with van der Waals surface area (Å²) in [5.74, 6) is -1.33. The number of ether oxygens (including phenoxy) is 2. The van der Waals surface area contributed by atoms with Crippen LogP contribution in [-0.4, -0.2) is 103 Å². The van der Waals surface area contributed by atoms with Gasteiger partial charge in [0.15, 0.2) is 10.3 Å². The van der Waals surface area contributed by atoms with E-state index in [1.807, 2.05) is 59.7 Å². The van der Waals surface area contributed by atoms with E-state index in [4.69, 9.17) is 42.0 Å². The number of benzene rings is 2. The molecule has 9 rings (SSSR count). The number of nitrogens with one attached hydrogen (secondary N) is 2. The van der Waals surface area contributed by atoms with Gasteiger partial charge < -0.3 is 39.2 Å². The number of alkyl halides is 6. The van der Waals surface area contributed by atoms with Gasteiger partial charge in [-0.25, -0.2) is 9.97 Å². The van der Waals surface area contributed by atoms with E-state index in [9.17, 15) is 35.9 Å². The molecule has 0 unspecified atom stereocenters. The van der Waals surface area contributed by atoms with Gasteiger partial charge in [0.1, 0.15) is 11.4 Å². The average Bonchev–Trinajstić information content (AvgIpc) is 3.61. The van der Waals surface area contributed by atoms with Crippen LogP contribution in [0, 0.1) is 13.8 Å². The lowest BCUT2D eigenvalue weighted by atomic mass is 9.76. The molecule has 0 bridgehead atoms. The summed E-state index contributed by atoms with van der Waals surface area (Å²) in [6.45, 7) is 17.4. The Hall–Kier alpha value is -5.88. The monoisotopic (exact) mass is 1160 g/mol. The van der Waals surface area contributed by atoms with E-state index in [0.717, 1.165) is 94.4 Å². The van der Waals surface area contributed by atoms with E-state index in [0.29, 0.717) is 48.0 Å². The first-order valence-electron chi connectivity index (χ1n) is 23.7. The van der Waals surface area contributed by atoms with Crippen LogP contribution < -0.4 is 25.9 Å². The molecule has 0 radical (unpaired) electrons. The minimum Gasteiger partial charge on any atom is -0.399 e. The smallest absolute Gasteiger partial charge is 0.399 e. The predicted octanol–water partition coefficient (Wildman–Crippen LogP) is 11.5. The molecule has 3 aliphatic heterocycles. The molecular formula is C52H52BBrCl2F6N8O6. The van der Waals surface area contributed by atoms with Crippen LogP contribution in [0.5, 0.6) is 0 Å². The Labute approximate surface area is 454 Å². The Kier molecular flexibility index (Phi) is 18.4. The summed E-state index contributed by atoms with van der Waals surface area (Å²) in [5, 5.41) is 6.22. The number of carbonyl (C=O) groups excluding carboxylic acids is 2. The first-order valence-corrected chi connectivity index (χ1v) is 25.2. The Bertz CT molecular complexity index is 3040. The van der Waals surface area contributed by atoms with Crippen molar-refractivity contribution in [3.63, 3.8) is 0 Å². The summed E-state index contributed by atoms with van der Waals surface area (Å²) in [7, 11) is -0.616. The third-order valence-corrected chi connectivity index (χ3v) is 13.8. The molecule has 2 N–H and O–H groups in total. The van der Waals surface area contributed by atoms with Crippen LogP contribution in [0.2, 0.25) is 10.3 Å². The second-order valence-corrected chi connectivity index (χ2v) is 20.3. The van der Waals surface area contributed by atoms with Gasteiger partial charge in [0.25, 0.3) is 11.8 Å². The number of rotatable bonds is 8. The summed E-state index contributed by atoms with van der Waals surface area (Å²) in [6.07, 6.45) is -3.98. The Morgan fingerprint density at radius 2 is 1.07 bits per heavy atom. The maximum atomic E-state index is 12.9. The van der Waals surface area contributed by atoms with Crippen molar-refractivity contribution in [2.24, 2.45) is 0 Å². The predicted molar refractivity (Wildman–Crippen MR) is 284 cm³/mol. The fourth-order valence-corrected chi connectivity index (χ4v) is 8.63. The van der Waals surface area contributed by atoms with E-state index < -0.39 is 53.9 Å². The molecule has 2 aromatic carbocycles. The van der Waals surface area contributed by atoms with Crippen molar-refractivity contribution in [2.45, 2.75) is 65.1 Å². The van der Waals surface area contributed by atoms with Gasteiger partial charge in [-0.05, 0) is 135 Å². The van der Waals surface area contributed by atoms with Crippen LogP contribution in [0.25, 0.3) is 11.1 Å². The number of halogens is 9. The zero-order valence-corrected chi connectivity index (χ0v) is 45.1. The quantitative estimate of drug-likeness (QED) is 0.0847. The number of morpholine rings is 2. The largest absolute Gasteiger partial charge is 0.495 e. The van der Waals surface area contributed by atoms with Crippen LogP contribution in [0.4, 0.5) is 49.1 Å². The van der Waals surface area contributed by atoms with Crippen molar-refractivity contribution < 1.29 is 54.7 Å². The molecule has 4 aromatic heterocycles. The molecule has 76 heavy (non-hydrogen) atoms. The fourth-order valence-electron chi connectivity index (χ4n) is 7.86. The number of pyridine rings is 4. The van der Waals surface area contributed by atoms with Crippen LogP contribution >= 0.6 is 39.1 Å². The van der Waals surface area contributed by atoms with Gasteiger partial charge in [0.2, 0.25) is 0 Å². The first-order chi connectivity index (χ1) is 35.8. The van der Waals surface area contributed by atoms with Crippen molar-refractivity contribution in [1.82, 2.24) is 19.9 Å². The number of amides is 2. The third kappa shape index (κ3) is 14.6. The zero-order chi connectivity index (χ0) is 55.2. The van der Waals surface area contributed by atoms with Crippen molar-refractivity contribution in [3.8, 4) is 11.1 Å². The molecule has 7 heterocycles. The molecule has 0 atom stereocenters. The van der Waals surface area contributed by atoms with Gasteiger partial charge in [-0.1, -0.05) is 40.9 Å². The summed E-state index contributed by atoms with van der Waals surface area (Å²) in [4.78, 5) is 44.3. The molecule has 3 saturated heterocycles. The summed E-state index contributed by atoms with van der Waals surface area (Å²) in [6, 6.07) is 18.3. The van der Waals surface area contributed by atoms with E-state index >= 15 is 0 Å². The van der Waals surface area contributed by atoms with Gasteiger partial charge >= 0.3 is 19.5 Å². The van der Waals surface area contributed by atoms with Crippen molar-refractivity contribution >= 4 is 86.3 Å². The lowest BCUT2D eigenvalue weighted by Gasteiger charge is -2.32. The maximum Gasteiger partial charge on any atom is 0.495 e. The highest BCUT2D eigenvalue weighted by molar-refractivity contribution is 9.10. The number of anilines is 4. The standard InChI is InChI=1S/C23H20ClF3N4O2.C20H22BF3N2O3.C9H10BrClN2O/c1-14-2-3-17(30-22(32)15-4-5-28-20(11-15)23(25,26)27)12-18(14)16-10-19(21(24)29-13-16)31-6-8-33-9-7-31;1-12-6-7-14(11-15(12)21-28-18(2,3)19(4,5)29-21)26-17(27)13-8-9-25-16(10-13)20(22,23)24;10-7-5-8(9(11)12-6-7)13-1-3-14-4-2-13/h2-5,10-13H,6-9H2,1H3,(H,30,32);6-11H,1-5H3,(H,26,27);5-6H,1-4H2. The number of aryl methyl sites for hydroxylation is 2. The normalized spacial score (nSPS) is 16.2. The lowest BCUT2D eigenvalue weighted by molar-refractivity contribution is -0.142. The number of hydrogen-bond acceptors (Lipinski definition) is 12. The average molecular weight is 1160 g/mol. The highest BCUT2D eigenvalue weighted by Gasteiger charge is 2.52. The second-order valence-electron chi connectivity index (χ2n) is 18.6. The summed E-state index contributed by atoms with van der Waals surface area (Å²) >= 11 is 15.7. The lowest BCUT2D eigenvalue weighted by Crippen LogP contribution is -2.41. The maximum absolute atomic E-state index is 12.9. The van der Waals surface area contributed by atoms with E-state index in [1.54, 1.807) is 42.7 Å².